The number of aliphatic carboxylic acids is 1. The number of allylic oxidation sites excluding steroid dienone is 6. The molecule has 0 bridgehead atoms. The molecule has 0 amide bonds. The van der Waals surface area contributed by atoms with Crippen molar-refractivity contribution in [2.45, 2.75) is 73.1 Å². The quantitative estimate of drug-likeness (QED) is 0.526. The first-order valence-electron chi connectivity index (χ1n) is 8.89. The van der Waals surface area contributed by atoms with Crippen molar-refractivity contribution in [3.8, 4) is 0 Å². The highest BCUT2D eigenvalue weighted by molar-refractivity contribution is 5.68. The summed E-state index contributed by atoms with van der Waals surface area (Å²) >= 11 is 0. The van der Waals surface area contributed by atoms with E-state index in [1.165, 1.54) is 30.4 Å². The molecular formula is C22H36O2. The van der Waals surface area contributed by atoms with Gasteiger partial charge in [0.1, 0.15) is 0 Å². The number of carboxylic acid groups (broad SMARTS) is 1. The summed E-state index contributed by atoms with van der Waals surface area (Å²) in [6, 6.07) is 0. The van der Waals surface area contributed by atoms with Crippen LogP contribution in [0.5, 0.6) is 0 Å². The second-order valence-electron chi connectivity index (χ2n) is 7.62. The first-order valence-corrected chi connectivity index (χ1v) is 8.89. The van der Waals surface area contributed by atoms with Crippen molar-refractivity contribution in [1.29, 1.82) is 0 Å². The van der Waals surface area contributed by atoms with Gasteiger partial charge in [-0.2, -0.15) is 0 Å². The van der Waals surface area contributed by atoms with E-state index in [4.69, 9.17) is 5.11 Å². The first-order chi connectivity index (χ1) is 11.1. The number of rotatable bonds is 7. The van der Waals surface area contributed by atoms with Crippen molar-refractivity contribution in [1.82, 2.24) is 0 Å². The summed E-state index contributed by atoms with van der Waals surface area (Å²) in [6.45, 7) is 18.1. The third kappa shape index (κ3) is 10.3. The highest BCUT2D eigenvalue weighted by Crippen LogP contribution is 2.29. The van der Waals surface area contributed by atoms with E-state index in [0.717, 1.165) is 18.8 Å². The van der Waals surface area contributed by atoms with Crippen molar-refractivity contribution in [2.24, 2.45) is 11.3 Å². The van der Waals surface area contributed by atoms with Gasteiger partial charge in [0, 0.05) is 0 Å². The summed E-state index contributed by atoms with van der Waals surface area (Å²) in [5.74, 6) is 0.00769. The Morgan fingerprint density at radius 3 is 2.42 bits per heavy atom. The fourth-order valence-corrected chi connectivity index (χ4v) is 2.71. The Morgan fingerprint density at radius 1 is 1.42 bits per heavy atom. The molecule has 0 saturated heterocycles. The molecule has 2 unspecified atom stereocenters. The van der Waals surface area contributed by atoms with E-state index >= 15 is 0 Å². The number of hydrogen-bond acceptors (Lipinski definition) is 1. The van der Waals surface area contributed by atoms with Gasteiger partial charge in [-0.15, -0.1) is 6.58 Å². The molecule has 1 aliphatic rings. The summed E-state index contributed by atoms with van der Waals surface area (Å²) < 4.78 is 0. The van der Waals surface area contributed by atoms with E-state index in [1.54, 1.807) is 11.6 Å². The molecule has 2 heteroatoms. The summed E-state index contributed by atoms with van der Waals surface area (Å²) in [5, 5.41) is 8.73. The standard InChI is InChI=1S/C12H20O2.C10H16/c1-5-12(4,9-11(13)14)8-6-7-10(2)3;1-8(2)10-6-4-9(3)5-7-10/h5,7H,1,6,8-9H2,2-4H3,(H,13,14);4,10H,1,5-7H2,2-3H3. The van der Waals surface area contributed by atoms with E-state index in [0.29, 0.717) is 0 Å². The van der Waals surface area contributed by atoms with Gasteiger partial charge in [0.15, 0.2) is 0 Å². The molecule has 0 aliphatic heterocycles. The second-order valence-corrected chi connectivity index (χ2v) is 7.62. The zero-order valence-electron chi connectivity index (χ0n) is 16.3. The smallest absolute Gasteiger partial charge is 0.304 e. The van der Waals surface area contributed by atoms with Gasteiger partial charge < -0.3 is 5.11 Å². The van der Waals surface area contributed by atoms with Crippen LogP contribution < -0.4 is 0 Å². The molecule has 136 valence electrons. The SMILES string of the molecule is C=C(C)C1CC=C(C)CC1.C=CC(C)(CCC=C(C)C)CC(=O)O. The Labute approximate surface area is 149 Å². The zero-order valence-corrected chi connectivity index (χ0v) is 16.3. The molecule has 1 aliphatic carbocycles. The fraction of sp³-hybridized carbons (Fsp3) is 0.591. The molecule has 0 fully saturated rings. The molecule has 2 atom stereocenters. The molecule has 0 aromatic heterocycles. The minimum atomic E-state index is -0.760. The van der Waals surface area contributed by atoms with Crippen LogP contribution in [0, 0.1) is 11.3 Å². The van der Waals surface area contributed by atoms with Crippen LogP contribution in [0.1, 0.15) is 73.1 Å². The van der Waals surface area contributed by atoms with Gasteiger partial charge in [-0.25, -0.2) is 0 Å². The Kier molecular flexibility index (Phi) is 10.3. The highest BCUT2D eigenvalue weighted by atomic mass is 16.4. The largest absolute Gasteiger partial charge is 0.481 e. The zero-order chi connectivity index (χ0) is 18.8. The maximum atomic E-state index is 10.6. The Morgan fingerprint density at radius 2 is 2.04 bits per heavy atom. The first kappa shape index (κ1) is 22.4. The molecule has 1 N–H and O–H groups in total. The van der Waals surface area contributed by atoms with E-state index in [-0.39, 0.29) is 11.8 Å². The minimum Gasteiger partial charge on any atom is -0.481 e. The minimum absolute atomic E-state index is 0.160. The van der Waals surface area contributed by atoms with E-state index in [9.17, 15) is 4.79 Å². The van der Waals surface area contributed by atoms with Gasteiger partial charge in [-0.05, 0) is 71.1 Å². The average molecular weight is 333 g/mol. The lowest BCUT2D eigenvalue weighted by atomic mass is 9.82. The van der Waals surface area contributed by atoms with Crippen molar-refractivity contribution in [2.75, 3.05) is 0 Å². The van der Waals surface area contributed by atoms with Crippen molar-refractivity contribution < 1.29 is 9.90 Å². The second kappa shape index (κ2) is 11.1. The summed E-state index contributed by atoms with van der Waals surface area (Å²) in [4.78, 5) is 10.6. The molecule has 0 saturated carbocycles. The number of hydrogen-bond donors (Lipinski definition) is 1. The topological polar surface area (TPSA) is 37.3 Å². The molecule has 0 spiro atoms. The molecule has 0 heterocycles. The number of carboxylic acids is 1. The van der Waals surface area contributed by atoms with Gasteiger partial charge >= 0.3 is 5.97 Å². The van der Waals surface area contributed by atoms with Gasteiger partial charge in [0.05, 0.1) is 6.42 Å². The van der Waals surface area contributed by atoms with Crippen LogP contribution in [0.4, 0.5) is 0 Å². The van der Waals surface area contributed by atoms with Crippen LogP contribution in [-0.2, 0) is 4.79 Å². The van der Waals surface area contributed by atoms with Crippen LogP contribution in [0.25, 0.3) is 0 Å². The lowest BCUT2D eigenvalue weighted by Crippen LogP contribution is -2.17. The average Bonchev–Trinajstić information content (AvgIpc) is 2.47. The van der Waals surface area contributed by atoms with Crippen molar-refractivity contribution in [3.05, 3.63) is 48.1 Å². The monoisotopic (exact) mass is 332 g/mol. The highest BCUT2D eigenvalue weighted by Gasteiger charge is 2.22. The molecule has 24 heavy (non-hydrogen) atoms. The molecule has 0 aromatic rings. The van der Waals surface area contributed by atoms with Gasteiger partial charge in [0.25, 0.3) is 0 Å². The van der Waals surface area contributed by atoms with Crippen LogP contribution in [0.3, 0.4) is 0 Å². The third-order valence-corrected chi connectivity index (χ3v) is 4.65. The van der Waals surface area contributed by atoms with E-state index in [2.05, 4.69) is 39.2 Å². The van der Waals surface area contributed by atoms with E-state index in [1.807, 2.05) is 20.8 Å². The maximum absolute atomic E-state index is 10.6. The number of carbonyl (C=O) groups is 1. The molecule has 2 nitrogen and oxygen atoms in total. The van der Waals surface area contributed by atoms with Crippen LogP contribution in [-0.4, -0.2) is 11.1 Å². The molecule has 1 rings (SSSR count). The molecular weight excluding hydrogens is 296 g/mol. The Bertz CT molecular complexity index is 492. The Hall–Kier alpha value is -1.57. The normalized spacial score (nSPS) is 19.0. The summed E-state index contributed by atoms with van der Waals surface area (Å²) in [5.41, 5.74) is 3.89. The summed E-state index contributed by atoms with van der Waals surface area (Å²) in [7, 11) is 0. The van der Waals surface area contributed by atoms with Crippen LogP contribution >= 0.6 is 0 Å². The predicted molar refractivity (Wildman–Crippen MR) is 105 cm³/mol. The molecule has 0 aromatic carbocycles. The van der Waals surface area contributed by atoms with Crippen LogP contribution in [0.2, 0.25) is 0 Å². The van der Waals surface area contributed by atoms with Gasteiger partial charge in [-0.1, -0.05) is 48.5 Å². The van der Waals surface area contributed by atoms with Crippen molar-refractivity contribution in [3.63, 3.8) is 0 Å². The predicted octanol–water partition coefficient (Wildman–Crippen LogP) is 6.71. The molecule has 0 radical (unpaired) electrons. The van der Waals surface area contributed by atoms with Crippen molar-refractivity contribution >= 4 is 5.97 Å². The van der Waals surface area contributed by atoms with Gasteiger partial charge in [-0.3, -0.25) is 4.79 Å². The lowest BCUT2D eigenvalue weighted by Gasteiger charge is -2.22. The van der Waals surface area contributed by atoms with Gasteiger partial charge in [0.2, 0.25) is 0 Å². The van der Waals surface area contributed by atoms with E-state index < -0.39 is 5.97 Å². The van der Waals surface area contributed by atoms with Crippen LogP contribution in [0.15, 0.2) is 48.1 Å². The maximum Gasteiger partial charge on any atom is 0.304 e. The fourth-order valence-electron chi connectivity index (χ4n) is 2.71. The third-order valence-electron chi connectivity index (χ3n) is 4.65. The Balaban J connectivity index is 0.000000463. The summed E-state index contributed by atoms with van der Waals surface area (Å²) in [6.07, 6.45) is 12.0. The lowest BCUT2D eigenvalue weighted by molar-refractivity contribution is -0.138.